The SMILES string of the molecule is CCCc1[nH]nc(C(=O)N2CCn3cnnc3C2)c1N. The van der Waals surface area contributed by atoms with Crippen molar-refractivity contribution in [2.24, 2.45) is 0 Å². The molecule has 20 heavy (non-hydrogen) atoms. The van der Waals surface area contributed by atoms with E-state index in [0.717, 1.165) is 24.4 Å². The molecule has 8 nitrogen and oxygen atoms in total. The van der Waals surface area contributed by atoms with E-state index in [4.69, 9.17) is 5.73 Å². The normalized spacial score (nSPS) is 14.3. The van der Waals surface area contributed by atoms with Crippen molar-refractivity contribution >= 4 is 11.6 Å². The zero-order valence-electron chi connectivity index (χ0n) is 11.3. The van der Waals surface area contributed by atoms with Gasteiger partial charge in [-0.25, -0.2) is 0 Å². The third-order valence-corrected chi connectivity index (χ3v) is 3.51. The Morgan fingerprint density at radius 2 is 2.35 bits per heavy atom. The Morgan fingerprint density at radius 3 is 3.15 bits per heavy atom. The molecule has 1 aliphatic heterocycles. The van der Waals surface area contributed by atoms with Crippen molar-refractivity contribution in [2.45, 2.75) is 32.9 Å². The van der Waals surface area contributed by atoms with Crippen LogP contribution in [0.5, 0.6) is 0 Å². The lowest BCUT2D eigenvalue weighted by Crippen LogP contribution is -2.38. The number of hydrogen-bond donors (Lipinski definition) is 2. The summed E-state index contributed by atoms with van der Waals surface area (Å²) in [6.07, 6.45) is 3.42. The molecule has 0 saturated heterocycles. The number of aromatic nitrogens is 5. The summed E-state index contributed by atoms with van der Waals surface area (Å²) in [6.45, 7) is 3.80. The van der Waals surface area contributed by atoms with Gasteiger partial charge < -0.3 is 15.2 Å². The minimum absolute atomic E-state index is 0.157. The highest BCUT2D eigenvalue weighted by atomic mass is 16.2. The van der Waals surface area contributed by atoms with Gasteiger partial charge in [0.15, 0.2) is 11.5 Å². The maximum Gasteiger partial charge on any atom is 0.276 e. The van der Waals surface area contributed by atoms with E-state index in [0.29, 0.717) is 31.0 Å². The first-order chi connectivity index (χ1) is 9.70. The maximum absolute atomic E-state index is 12.5. The summed E-state index contributed by atoms with van der Waals surface area (Å²) in [7, 11) is 0. The number of aromatic amines is 1. The fourth-order valence-corrected chi connectivity index (χ4v) is 2.38. The van der Waals surface area contributed by atoms with Crippen LogP contribution >= 0.6 is 0 Å². The van der Waals surface area contributed by atoms with Gasteiger partial charge in [-0.1, -0.05) is 13.3 Å². The molecular weight excluding hydrogens is 258 g/mol. The van der Waals surface area contributed by atoms with Gasteiger partial charge in [0.1, 0.15) is 6.33 Å². The second kappa shape index (κ2) is 4.95. The Morgan fingerprint density at radius 1 is 1.50 bits per heavy atom. The average molecular weight is 275 g/mol. The van der Waals surface area contributed by atoms with Crippen molar-refractivity contribution < 1.29 is 4.79 Å². The molecule has 0 aliphatic carbocycles. The van der Waals surface area contributed by atoms with E-state index in [1.165, 1.54) is 0 Å². The van der Waals surface area contributed by atoms with Crippen LogP contribution in [0.2, 0.25) is 0 Å². The number of carbonyl (C=O) groups excluding carboxylic acids is 1. The first-order valence-electron chi connectivity index (χ1n) is 6.69. The van der Waals surface area contributed by atoms with Crippen molar-refractivity contribution in [3.05, 3.63) is 23.5 Å². The summed E-state index contributed by atoms with van der Waals surface area (Å²) >= 11 is 0. The van der Waals surface area contributed by atoms with Gasteiger partial charge in [0, 0.05) is 13.1 Å². The summed E-state index contributed by atoms with van der Waals surface area (Å²) in [6, 6.07) is 0. The highest BCUT2D eigenvalue weighted by Gasteiger charge is 2.26. The molecule has 1 amide bonds. The summed E-state index contributed by atoms with van der Waals surface area (Å²) < 4.78 is 1.94. The molecule has 0 bridgehead atoms. The molecular formula is C12H17N7O. The van der Waals surface area contributed by atoms with Crippen LogP contribution in [0.1, 0.15) is 35.4 Å². The van der Waals surface area contributed by atoms with Gasteiger partial charge in [0.2, 0.25) is 0 Å². The molecule has 106 valence electrons. The fraction of sp³-hybridized carbons (Fsp3) is 0.500. The van der Waals surface area contributed by atoms with E-state index in [-0.39, 0.29) is 5.91 Å². The quantitative estimate of drug-likeness (QED) is 0.832. The van der Waals surface area contributed by atoms with Crippen molar-refractivity contribution in [1.29, 1.82) is 0 Å². The third-order valence-electron chi connectivity index (χ3n) is 3.51. The van der Waals surface area contributed by atoms with Crippen LogP contribution in [0.3, 0.4) is 0 Å². The largest absolute Gasteiger partial charge is 0.395 e. The molecule has 8 heteroatoms. The summed E-state index contributed by atoms with van der Waals surface area (Å²) in [5.74, 6) is 0.628. The Kier molecular flexibility index (Phi) is 3.13. The monoisotopic (exact) mass is 275 g/mol. The van der Waals surface area contributed by atoms with E-state index >= 15 is 0 Å². The van der Waals surface area contributed by atoms with Gasteiger partial charge in [-0.15, -0.1) is 10.2 Å². The molecule has 0 aromatic carbocycles. The number of fused-ring (bicyclic) bond motifs is 1. The van der Waals surface area contributed by atoms with Crippen molar-refractivity contribution in [1.82, 2.24) is 29.9 Å². The van der Waals surface area contributed by atoms with E-state index in [1.807, 2.05) is 4.57 Å². The van der Waals surface area contributed by atoms with E-state index in [2.05, 4.69) is 27.3 Å². The first-order valence-corrected chi connectivity index (χ1v) is 6.69. The second-order valence-corrected chi connectivity index (χ2v) is 4.88. The van der Waals surface area contributed by atoms with E-state index < -0.39 is 0 Å². The van der Waals surface area contributed by atoms with Crippen LogP contribution in [0.25, 0.3) is 0 Å². The van der Waals surface area contributed by atoms with Crippen LogP contribution in [-0.4, -0.2) is 42.3 Å². The predicted molar refractivity (Wildman–Crippen MR) is 71.8 cm³/mol. The topological polar surface area (TPSA) is 106 Å². The van der Waals surface area contributed by atoms with Crippen LogP contribution < -0.4 is 5.73 Å². The minimum Gasteiger partial charge on any atom is -0.395 e. The number of nitrogens with two attached hydrogens (primary N) is 1. The van der Waals surface area contributed by atoms with Gasteiger partial charge in [-0.05, 0) is 6.42 Å². The van der Waals surface area contributed by atoms with Crippen LogP contribution in [0, 0.1) is 0 Å². The van der Waals surface area contributed by atoms with Crippen LogP contribution in [0.4, 0.5) is 5.69 Å². The predicted octanol–water partition coefficient (Wildman–Crippen LogP) is 0.192. The number of nitrogen functional groups attached to an aromatic ring is 1. The Bertz CT molecular complexity index is 630. The number of nitrogens with one attached hydrogen (secondary N) is 1. The van der Waals surface area contributed by atoms with E-state index in [9.17, 15) is 4.79 Å². The van der Waals surface area contributed by atoms with Gasteiger partial charge in [-0.2, -0.15) is 5.10 Å². The summed E-state index contributed by atoms with van der Waals surface area (Å²) in [4.78, 5) is 14.2. The van der Waals surface area contributed by atoms with Gasteiger partial charge in [0.25, 0.3) is 5.91 Å². The highest BCUT2D eigenvalue weighted by Crippen LogP contribution is 2.19. The number of carbonyl (C=O) groups is 1. The van der Waals surface area contributed by atoms with E-state index in [1.54, 1.807) is 11.2 Å². The number of hydrogen-bond acceptors (Lipinski definition) is 5. The molecule has 0 spiro atoms. The second-order valence-electron chi connectivity index (χ2n) is 4.88. The average Bonchev–Trinajstić information content (AvgIpc) is 3.05. The molecule has 0 atom stereocenters. The number of H-pyrrole nitrogens is 1. The standard InChI is InChI=1S/C12H17N7O/c1-2-3-8-10(13)11(17-15-8)12(20)18-4-5-19-7-14-16-9(19)6-18/h7H,2-6,13H2,1H3,(H,15,17). The van der Waals surface area contributed by atoms with Gasteiger partial charge in [0.05, 0.1) is 17.9 Å². The minimum atomic E-state index is -0.157. The maximum atomic E-state index is 12.5. The number of rotatable bonds is 3. The fourth-order valence-electron chi connectivity index (χ4n) is 2.38. The molecule has 2 aromatic heterocycles. The summed E-state index contributed by atoms with van der Waals surface area (Å²) in [5.41, 5.74) is 7.60. The molecule has 3 heterocycles. The van der Waals surface area contributed by atoms with Crippen LogP contribution in [0.15, 0.2) is 6.33 Å². The molecule has 3 rings (SSSR count). The third kappa shape index (κ3) is 2.02. The lowest BCUT2D eigenvalue weighted by molar-refractivity contribution is 0.0702. The Balaban J connectivity index is 1.80. The molecule has 0 unspecified atom stereocenters. The number of anilines is 1. The zero-order valence-corrected chi connectivity index (χ0v) is 11.3. The number of nitrogens with zero attached hydrogens (tertiary/aromatic N) is 5. The van der Waals surface area contributed by atoms with Crippen molar-refractivity contribution in [3.63, 3.8) is 0 Å². The molecule has 0 saturated carbocycles. The molecule has 0 radical (unpaired) electrons. The molecule has 0 fully saturated rings. The van der Waals surface area contributed by atoms with Gasteiger partial charge in [-0.3, -0.25) is 9.89 Å². The van der Waals surface area contributed by atoms with Crippen molar-refractivity contribution in [3.8, 4) is 0 Å². The highest BCUT2D eigenvalue weighted by molar-refractivity contribution is 5.97. The lowest BCUT2D eigenvalue weighted by atomic mass is 10.2. The molecule has 1 aliphatic rings. The van der Waals surface area contributed by atoms with Crippen molar-refractivity contribution in [2.75, 3.05) is 12.3 Å². The smallest absolute Gasteiger partial charge is 0.276 e. The van der Waals surface area contributed by atoms with Crippen LogP contribution in [-0.2, 0) is 19.5 Å². The molecule has 2 aromatic rings. The Hall–Kier alpha value is -2.38. The number of aryl methyl sites for hydroxylation is 1. The zero-order chi connectivity index (χ0) is 14.1. The number of amides is 1. The van der Waals surface area contributed by atoms with Gasteiger partial charge >= 0.3 is 0 Å². The summed E-state index contributed by atoms with van der Waals surface area (Å²) in [5, 5.41) is 14.8. The Labute approximate surface area is 116 Å². The lowest BCUT2D eigenvalue weighted by Gasteiger charge is -2.26. The first kappa shape index (κ1) is 12.6. The molecule has 3 N–H and O–H groups in total.